The Morgan fingerprint density at radius 1 is 1.25 bits per heavy atom. The molecule has 0 radical (unpaired) electrons. The van der Waals surface area contributed by atoms with Crippen molar-refractivity contribution in [3.8, 4) is 0 Å². The largest absolute Gasteiger partial charge is 0.507 e. The molecule has 0 aliphatic carbocycles. The zero-order valence-electron chi connectivity index (χ0n) is 9.94. The number of nitrogens with zero attached hydrogens (tertiary/aromatic N) is 1. The lowest BCUT2D eigenvalue weighted by molar-refractivity contribution is 0.428. The predicted molar refractivity (Wildman–Crippen MR) is 75.3 cm³/mol. The van der Waals surface area contributed by atoms with Crippen molar-refractivity contribution in [1.29, 1.82) is 0 Å². The van der Waals surface area contributed by atoms with E-state index in [1.807, 2.05) is 6.92 Å². The highest BCUT2D eigenvalue weighted by molar-refractivity contribution is 8.14. The van der Waals surface area contributed by atoms with E-state index in [2.05, 4.69) is 25.1 Å². The van der Waals surface area contributed by atoms with Gasteiger partial charge in [0.1, 0.15) is 10.8 Å². The van der Waals surface area contributed by atoms with E-state index in [1.165, 1.54) is 0 Å². The van der Waals surface area contributed by atoms with Crippen molar-refractivity contribution < 1.29 is 5.11 Å². The van der Waals surface area contributed by atoms with E-state index in [-0.39, 0.29) is 5.76 Å². The maximum atomic E-state index is 9.84. The van der Waals surface area contributed by atoms with Crippen LogP contribution in [0.4, 0.5) is 0 Å². The molecule has 0 aromatic carbocycles. The molecule has 88 valence electrons. The molecule has 0 atom stereocenters. The fourth-order valence-electron chi connectivity index (χ4n) is 1.07. The number of aliphatic hydroxyl groups excluding tert-OH is 1. The molecule has 0 heterocycles. The number of hydrogen-bond acceptors (Lipinski definition) is 3. The Bertz CT molecular complexity index is 327. The molecule has 0 bridgehead atoms. The van der Waals surface area contributed by atoms with Gasteiger partial charge in [-0.05, 0) is 24.8 Å². The molecule has 0 aliphatic heterocycles. The molecule has 1 N–H and O–H groups in total. The molecule has 0 unspecified atom stereocenters. The average molecular weight is 237 g/mol. The minimum absolute atomic E-state index is 0.169. The van der Waals surface area contributed by atoms with Gasteiger partial charge in [-0.2, -0.15) is 0 Å². The van der Waals surface area contributed by atoms with Gasteiger partial charge in [0, 0.05) is 12.1 Å². The van der Waals surface area contributed by atoms with Gasteiger partial charge in [-0.25, -0.2) is 0 Å². The quantitative estimate of drug-likeness (QED) is 0.329. The van der Waals surface area contributed by atoms with E-state index in [9.17, 15) is 5.11 Å². The molecule has 0 saturated heterocycles. The Morgan fingerprint density at radius 3 is 2.31 bits per heavy atom. The van der Waals surface area contributed by atoms with Gasteiger partial charge in [-0.15, -0.1) is 11.8 Å². The topological polar surface area (TPSA) is 32.6 Å². The van der Waals surface area contributed by atoms with Gasteiger partial charge in [0.15, 0.2) is 0 Å². The summed E-state index contributed by atoms with van der Waals surface area (Å²) in [5, 5.41) is 10.7. The summed E-state index contributed by atoms with van der Waals surface area (Å²) in [7, 11) is 0. The molecular formula is C13H19NOS. The highest BCUT2D eigenvalue weighted by Gasteiger charge is 2.10. The van der Waals surface area contributed by atoms with Gasteiger partial charge in [-0.1, -0.05) is 32.2 Å². The molecule has 0 aliphatic rings. The fraction of sp³-hybridized carbons (Fsp3) is 0.308. The molecule has 16 heavy (non-hydrogen) atoms. The van der Waals surface area contributed by atoms with Gasteiger partial charge < -0.3 is 5.11 Å². The summed E-state index contributed by atoms with van der Waals surface area (Å²) in [5.74, 6) is 1.08. The third kappa shape index (κ3) is 5.03. The fourth-order valence-corrected chi connectivity index (χ4v) is 1.90. The normalized spacial score (nSPS) is 13.8. The van der Waals surface area contributed by atoms with Crippen molar-refractivity contribution in [2.75, 3.05) is 12.3 Å². The van der Waals surface area contributed by atoms with Crippen LogP contribution < -0.4 is 0 Å². The minimum atomic E-state index is 0.169. The van der Waals surface area contributed by atoms with Crippen LogP contribution >= 0.6 is 11.8 Å². The van der Waals surface area contributed by atoms with Gasteiger partial charge in [0.05, 0.1) is 0 Å². The van der Waals surface area contributed by atoms with Crippen LogP contribution in [-0.4, -0.2) is 22.4 Å². The van der Waals surface area contributed by atoms with Crippen molar-refractivity contribution in [1.82, 2.24) is 0 Å². The summed E-state index contributed by atoms with van der Waals surface area (Å²) in [6.45, 7) is 11.9. The molecule has 0 fully saturated rings. The maximum Gasteiger partial charge on any atom is 0.125 e. The van der Waals surface area contributed by atoms with Gasteiger partial charge in [0.25, 0.3) is 0 Å². The summed E-state index contributed by atoms with van der Waals surface area (Å²) in [6, 6.07) is 0. The van der Waals surface area contributed by atoms with Gasteiger partial charge >= 0.3 is 0 Å². The predicted octanol–water partition coefficient (Wildman–Crippen LogP) is 3.90. The standard InChI is InChI=1S/C13H19NOS/c1-5-9-11(12(15)10-6-2)13(14-7-3)16-8-4/h5-6,9-10,15H,1-2,7-8H2,3-4H3/b11-9+,12-10+,14-13-. The van der Waals surface area contributed by atoms with Crippen LogP contribution in [0.5, 0.6) is 0 Å². The number of hydrogen-bond donors (Lipinski definition) is 1. The Morgan fingerprint density at radius 2 is 1.88 bits per heavy atom. The summed E-state index contributed by atoms with van der Waals surface area (Å²) in [4.78, 5) is 4.36. The van der Waals surface area contributed by atoms with Crippen LogP contribution in [0.25, 0.3) is 0 Å². The number of allylic oxidation sites excluding steroid dienone is 5. The molecule has 2 nitrogen and oxygen atoms in total. The Balaban J connectivity index is 5.23. The lowest BCUT2D eigenvalue weighted by Crippen LogP contribution is -2.03. The number of aliphatic imine (C=N–C) groups is 1. The van der Waals surface area contributed by atoms with E-state index in [0.29, 0.717) is 12.1 Å². The second-order valence-electron chi connectivity index (χ2n) is 2.82. The van der Waals surface area contributed by atoms with Crippen LogP contribution in [-0.2, 0) is 0 Å². The number of thioether (sulfide) groups is 1. The maximum absolute atomic E-state index is 9.84. The molecule has 0 aromatic rings. The summed E-state index contributed by atoms with van der Waals surface area (Å²) in [5.41, 5.74) is 0.698. The second-order valence-corrected chi connectivity index (χ2v) is 4.07. The van der Waals surface area contributed by atoms with Crippen LogP contribution in [0.1, 0.15) is 13.8 Å². The van der Waals surface area contributed by atoms with Crippen LogP contribution in [0.3, 0.4) is 0 Å². The van der Waals surface area contributed by atoms with E-state index < -0.39 is 0 Å². The summed E-state index contributed by atoms with van der Waals surface area (Å²) < 4.78 is 0. The molecule has 0 rings (SSSR count). The Hall–Kier alpha value is -1.22. The van der Waals surface area contributed by atoms with Crippen LogP contribution in [0, 0.1) is 0 Å². The van der Waals surface area contributed by atoms with Crippen molar-refractivity contribution in [2.45, 2.75) is 13.8 Å². The zero-order chi connectivity index (χ0) is 12.4. The number of rotatable bonds is 6. The van der Waals surface area contributed by atoms with E-state index >= 15 is 0 Å². The number of aliphatic hydroxyl groups is 1. The lowest BCUT2D eigenvalue weighted by atomic mass is 10.2. The van der Waals surface area contributed by atoms with Crippen molar-refractivity contribution in [3.05, 3.63) is 48.8 Å². The Kier molecular flexibility index (Phi) is 8.35. The first-order valence-electron chi connectivity index (χ1n) is 5.23. The van der Waals surface area contributed by atoms with Crippen molar-refractivity contribution in [2.24, 2.45) is 4.99 Å². The second kappa shape index (κ2) is 9.04. The van der Waals surface area contributed by atoms with Crippen LogP contribution in [0.15, 0.2) is 53.8 Å². The first-order chi connectivity index (χ1) is 7.71. The SMILES string of the molecule is C=C\C=C(O)/C(=C\C=C)C(=N/CC)/SCC. The van der Waals surface area contributed by atoms with Gasteiger partial charge in [-0.3, -0.25) is 4.99 Å². The van der Waals surface area contributed by atoms with E-state index in [1.54, 1.807) is 36.1 Å². The van der Waals surface area contributed by atoms with E-state index in [4.69, 9.17) is 0 Å². The summed E-state index contributed by atoms with van der Waals surface area (Å²) >= 11 is 1.60. The first kappa shape index (κ1) is 14.8. The third-order valence-electron chi connectivity index (χ3n) is 1.65. The smallest absolute Gasteiger partial charge is 0.125 e. The molecule has 0 saturated carbocycles. The minimum Gasteiger partial charge on any atom is -0.507 e. The van der Waals surface area contributed by atoms with Crippen molar-refractivity contribution >= 4 is 16.8 Å². The lowest BCUT2D eigenvalue weighted by Gasteiger charge is -2.08. The monoisotopic (exact) mass is 237 g/mol. The Labute approximate surface area is 102 Å². The average Bonchev–Trinajstić information content (AvgIpc) is 2.26. The zero-order valence-corrected chi connectivity index (χ0v) is 10.8. The highest BCUT2D eigenvalue weighted by atomic mass is 32.2. The molecule has 0 amide bonds. The molecule has 0 aromatic heterocycles. The van der Waals surface area contributed by atoms with Gasteiger partial charge in [0.2, 0.25) is 0 Å². The van der Waals surface area contributed by atoms with Crippen molar-refractivity contribution in [3.63, 3.8) is 0 Å². The first-order valence-corrected chi connectivity index (χ1v) is 6.22. The highest BCUT2D eigenvalue weighted by Crippen LogP contribution is 2.19. The molecule has 0 spiro atoms. The molecule has 3 heteroatoms. The molecular weight excluding hydrogens is 218 g/mol. The third-order valence-corrected chi connectivity index (χ3v) is 2.56. The summed E-state index contributed by atoms with van der Waals surface area (Å²) in [6.07, 6.45) is 6.50. The van der Waals surface area contributed by atoms with E-state index in [0.717, 1.165) is 10.8 Å². The van der Waals surface area contributed by atoms with Crippen LogP contribution in [0.2, 0.25) is 0 Å².